The van der Waals surface area contributed by atoms with E-state index in [0.29, 0.717) is 12.6 Å². The van der Waals surface area contributed by atoms with Gasteiger partial charge in [0.1, 0.15) is 5.54 Å². The van der Waals surface area contributed by atoms with Crippen LogP contribution in [0.1, 0.15) is 38.2 Å². The zero-order valence-corrected chi connectivity index (χ0v) is 13.1. The summed E-state index contributed by atoms with van der Waals surface area (Å²) in [6.45, 7) is 3.73. The largest absolute Gasteiger partial charge is 0.368 e. The van der Waals surface area contributed by atoms with E-state index < -0.39 is 5.54 Å². The molecule has 1 saturated carbocycles. The van der Waals surface area contributed by atoms with Gasteiger partial charge in [-0.05, 0) is 32.0 Å². The molecule has 4 heteroatoms. The number of hydrogen-bond donors (Lipinski definition) is 2. The Hall–Kier alpha value is -1.39. The molecular formula is C17H27N3O. The maximum Gasteiger partial charge on any atom is 0.243 e. The Morgan fingerprint density at radius 2 is 1.95 bits per heavy atom. The van der Waals surface area contributed by atoms with Gasteiger partial charge in [-0.3, -0.25) is 9.69 Å². The van der Waals surface area contributed by atoms with Crippen molar-refractivity contribution in [1.82, 2.24) is 10.2 Å². The first kappa shape index (κ1) is 16.0. The van der Waals surface area contributed by atoms with Crippen LogP contribution in [0, 0.1) is 0 Å². The highest BCUT2D eigenvalue weighted by atomic mass is 16.1. The van der Waals surface area contributed by atoms with Gasteiger partial charge < -0.3 is 11.1 Å². The molecule has 4 nitrogen and oxygen atoms in total. The van der Waals surface area contributed by atoms with E-state index in [4.69, 9.17) is 5.73 Å². The molecule has 0 heterocycles. The highest BCUT2D eigenvalue weighted by Crippen LogP contribution is 2.28. The van der Waals surface area contributed by atoms with E-state index in [1.54, 1.807) is 0 Å². The second kappa shape index (κ2) is 7.05. The summed E-state index contributed by atoms with van der Waals surface area (Å²) < 4.78 is 0. The van der Waals surface area contributed by atoms with Crippen molar-refractivity contribution in [1.29, 1.82) is 0 Å². The SMILES string of the molecule is CCN(CC(NC)(C(N)=O)c1ccccc1)C1CCCC1. The van der Waals surface area contributed by atoms with Crippen molar-refractivity contribution in [2.24, 2.45) is 5.73 Å². The Kier molecular flexibility index (Phi) is 5.37. The van der Waals surface area contributed by atoms with Gasteiger partial charge in [-0.15, -0.1) is 0 Å². The van der Waals surface area contributed by atoms with Crippen LogP contribution < -0.4 is 11.1 Å². The Morgan fingerprint density at radius 1 is 1.33 bits per heavy atom. The summed E-state index contributed by atoms with van der Waals surface area (Å²) in [7, 11) is 1.82. The van der Waals surface area contributed by atoms with Crippen LogP contribution in [0.4, 0.5) is 0 Å². The summed E-state index contributed by atoms with van der Waals surface area (Å²) in [6, 6.07) is 10.4. The van der Waals surface area contributed by atoms with Gasteiger partial charge in [0.15, 0.2) is 0 Å². The molecule has 116 valence electrons. The minimum Gasteiger partial charge on any atom is -0.368 e. The van der Waals surface area contributed by atoms with Gasteiger partial charge in [-0.2, -0.15) is 0 Å². The number of carbonyl (C=O) groups excluding carboxylic acids is 1. The van der Waals surface area contributed by atoms with E-state index >= 15 is 0 Å². The topological polar surface area (TPSA) is 58.4 Å². The lowest BCUT2D eigenvalue weighted by Crippen LogP contribution is -2.59. The highest BCUT2D eigenvalue weighted by molar-refractivity contribution is 5.86. The highest BCUT2D eigenvalue weighted by Gasteiger charge is 2.40. The lowest BCUT2D eigenvalue weighted by Gasteiger charge is -2.38. The van der Waals surface area contributed by atoms with Crippen molar-refractivity contribution < 1.29 is 4.79 Å². The van der Waals surface area contributed by atoms with Gasteiger partial charge >= 0.3 is 0 Å². The molecule has 1 aromatic rings. The van der Waals surface area contributed by atoms with Crippen molar-refractivity contribution in [2.75, 3.05) is 20.1 Å². The standard InChI is InChI=1S/C17H27N3O/c1-3-20(15-11-7-8-12-15)13-17(19-2,16(18)21)14-9-5-4-6-10-14/h4-6,9-10,15,19H,3,7-8,11-13H2,1-2H3,(H2,18,21). The molecule has 1 atom stereocenters. The number of primary amides is 1. The van der Waals surface area contributed by atoms with Crippen LogP contribution in [0.5, 0.6) is 0 Å². The Labute approximate surface area is 127 Å². The predicted molar refractivity (Wildman–Crippen MR) is 85.9 cm³/mol. The smallest absolute Gasteiger partial charge is 0.243 e. The van der Waals surface area contributed by atoms with Crippen molar-refractivity contribution >= 4 is 5.91 Å². The number of carbonyl (C=O) groups is 1. The fraction of sp³-hybridized carbons (Fsp3) is 0.588. The van der Waals surface area contributed by atoms with E-state index in [1.165, 1.54) is 25.7 Å². The zero-order chi connectivity index (χ0) is 15.3. The first-order valence-electron chi connectivity index (χ1n) is 7.92. The normalized spacial score (nSPS) is 18.8. The average molecular weight is 289 g/mol. The fourth-order valence-electron chi connectivity index (χ4n) is 3.45. The third-order valence-electron chi connectivity index (χ3n) is 4.80. The third kappa shape index (κ3) is 3.27. The molecule has 2 rings (SSSR count). The molecule has 0 spiro atoms. The maximum atomic E-state index is 12.3. The van der Waals surface area contributed by atoms with Gasteiger partial charge in [0.05, 0.1) is 0 Å². The third-order valence-corrected chi connectivity index (χ3v) is 4.80. The molecule has 0 saturated heterocycles. The van der Waals surface area contributed by atoms with Crippen LogP contribution in [-0.2, 0) is 10.3 Å². The molecule has 1 unspecified atom stereocenters. The van der Waals surface area contributed by atoms with Crippen molar-refractivity contribution in [3.63, 3.8) is 0 Å². The molecule has 1 fully saturated rings. The monoisotopic (exact) mass is 289 g/mol. The molecule has 0 aromatic heterocycles. The van der Waals surface area contributed by atoms with Crippen molar-refractivity contribution in [3.05, 3.63) is 35.9 Å². The quantitative estimate of drug-likeness (QED) is 0.805. The van der Waals surface area contributed by atoms with Gasteiger partial charge in [0.2, 0.25) is 5.91 Å². The number of likely N-dealkylation sites (N-methyl/N-ethyl adjacent to an activating group) is 2. The summed E-state index contributed by atoms with van der Waals surface area (Å²) in [5.41, 5.74) is 5.91. The molecule has 21 heavy (non-hydrogen) atoms. The Morgan fingerprint density at radius 3 is 2.43 bits per heavy atom. The molecule has 1 aliphatic rings. The zero-order valence-electron chi connectivity index (χ0n) is 13.1. The molecule has 3 N–H and O–H groups in total. The summed E-state index contributed by atoms with van der Waals surface area (Å²) in [5.74, 6) is -0.312. The Balaban J connectivity index is 2.29. The molecule has 1 aromatic carbocycles. The first-order chi connectivity index (χ1) is 10.1. The van der Waals surface area contributed by atoms with Gasteiger partial charge in [0, 0.05) is 12.6 Å². The maximum absolute atomic E-state index is 12.3. The molecule has 1 amide bonds. The second-order valence-electron chi connectivity index (χ2n) is 5.89. The van der Waals surface area contributed by atoms with Gasteiger partial charge in [-0.25, -0.2) is 0 Å². The number of nitrogens with zero attached hydrogens (tertiary/aromatic N) is 1. The number of benzene rings is 1. The summed E-state index contributed by atoms with van der Waals surface area (Å²) in [5, 5.41) is 3.20. The lowest BCUT2D eigenvalue weighted by molar-refractivity contribution is -0.125. The van der Waals surface area contributed by atoms with Crippen molar-refractivity contribution in [2.45, 2.75) is 44.2 Å². The number of amides is 1. The lowest BCUT2D eigenvalue weighted by atomic mass is 9.88. The van der Waals surface area contributed by atoms with Crippen LogP contribution in [-0.4, -0.2) is 37.0 Å². The van der Waals surface area contributed by atoms with E-state index in [-0.39, 0.29) is 5.91 Å². The minimum absolute atomic E-state index is 0.312. The number of hydrogen-bond acceptors (Lipinski definition) is 3. The second-order valence-corrected chi connectivity index (χ2v) is 5.89. The summed E-state index contributed by atoms with van der Waals surface area (Å²) >= 11 is 0. The first-order valence-corrected chi connectivity index (χ1v) is 7.92. The average Bonchev–Trinajstić information content (AvgIpc) is 3.04. The molecule has 0 radical (unpaired) electrons. The van der Waals surface area contributed by atoms with Gasteiger partial charge in [-0.1, -0.05) is 50.1 Å². The van der Waals surface area contributed by atoms with Crippen LogP contribution in [0.3, 0.4) is 0 Å². The molecule has 0 aliphatic heterocycles. The van der Waals surface area contributed by atoms with E-state index in [9.17, 15) is 4.79 Å². The van der Waals surface area contributed by atoms with Crippen LogP contribution in [0.25, 0.3) is 0 Å². The van der Waals surface area contributed by atoms with Crippen LogP contribution >= 0.6 is 0 Å². The van der Waals surface area contributed by atoms with Crippen LogP contribution in [0.2, 0.25) is 0 Å². The van der Waals surface area contributed by atoms with E-state index in [1.807, 2.05) is 37.4 Å². The van der Waals surface area contributed by atoms with E-state index in [0.717, 1.165) is 12.1 Å². The number of nitrogens with two attached hydrogens (primary N) is 1. The van der Waals surface area contributed by atoms with E-state index in [2.05, 4.69) is 17.1 Å². The Bertz CT molecular complexity index is 456. The fourth-order valence-corrected chi connectivity index (χ4v) is 3.45. The van der Waals surface area contributed by atoms with Gasteiger partial charge in [0.25, 0.3) is 0 Å². The van der Waals surface area contributed by atoms with Crippen LogP contribution in [0.15, 0.2) is 30.3 Å². The summed E-state index contributed by atoms with van der Waals surface area (Å²) in [6.07, 6.45) is 5.02. The number of nitrogens with one attached hydrogen (secondary N) is 1. The molecular weight excluding hydrogens is 262 g/mol. The predicted octanol–water partition coefficient (Wildman–Crippen LogP) is 1.85. The number of rotatable bonds is 7. The van der Waals surface area contributed by atoms with Crippen molar-refractivity contribution in [3.8, 4) is 0 Å². The minimum atomic E-state index is -0.820. The molecule has 1 aliphatic carbocycles. The summed E-state index contributed by atoms with van der Waals surface area (Å²) in [4.78, 5) is 14.7. The molecule has 0 bridgehead atoms.